The van der Waals surface area contributed by atoms with Crippen LogP contribution in [0.5, 0.6) is 0 Å². The van der Waals surface area contributed by atoms with E-state index in [2.05, 4.69) is 23.8 Å². The highest BCUT2D eigenvalue weighted by molar-refractivity contribution is 5.17. The van der Waals surface area contributed by atoms with Gasteiger partial charge in [0.15, 0.2) is 11.6 Å². The Hall–Kier alpha value is -1.00. The molecule has 0 spiro atoms. The van der Waals surface area contributed by atoms with Gasteiger partial charge in [-0.3, -0.25) is 4.90 Å². The van der Waals surface area contributed by atoms with E-state index in [1.807, 2.05) is 0 Å². The average molecular weight is 310 g/mol. The van der Waals surface area contributed by atoms with Crippen molar-refractivity contribution in [3.8, 4) is 0 Å². The topological polar surface area (TPSA) is 6.48 Å². The molecule has 1 aliphatic heterocycles. The van der Waals surface area contributed by atoms with Crippen LogP contribution in [-0.4, -0.2) is 43.0 Å². The molecule has 0 unspecified atom stereocenters. The highest BCUT2D eigenvalue weighted by Crippen LogP contribution is 2.20. The second-order valence-electron chi connectivity index (χ2n) is 6.58. The number of halogens is 2. The summed E-state index contributed by atoms with van der Waals surface area (Å²) in [5, 5.41) is 0. The number of unbranched alkanes of at least 4 members (excludes halogenated alkanes) is 1. The average Bonchev–Trinajstić information content (AvgIpc) is 2.51. The molecule has 2 rings (SSSR count). The number of likely N-dealkylation sites (tertiary alicyclic amines) is 1. The van der Waals surface area contributed by atoms with Gasteiger partial charge < -0.3 is 4.90 Å². The lowest BCUT2D eigenvalue weighted by atomic mass is 9.96. The minimum Gasteiger partial charge on any atom is -0.306 e. The Morgan fingerprint density at radius 2 is 1.91 bits per heavy atom. The predicted octanol–water partition coefficient (Wildman–Crippen LogP) is 3.91. The van der Waals surface area contributed by atoms with Crippen LogP contribution in [0, 0.1) is 17.6 Å². The molecule has 1 fully saturated rings. The van der Waals surface area contributed by atoms with E-state index in [-0.39, 0.29) is 0 Å². The molecule has 0 aromatic heterocycles. The minimum atomic E-state index is -0.766. The molecule has 0 aliphatic carbocycles. The fraction of sp³-hybridized carbons (Fsp3) is 0.667. The van der Waals surface area contributed by atoms with Crippen molar-refractivity contribution in [2.24, 2.45) is 5.92 Å². The molecule has 0 radical (unpaired) electrons. The summed E-state index contributed by atoms with van der Waals surface area (Å²) in [5.41, 5.74) is 0.859. The Kier molecular flexibility index (Phi) is 6.77. The molecule has 0 atom stereocenters. The number of rotatable bonds is 7. The van der Waals surface area contributed by atoms with Crippen LogP contribution < -0.4 is 0 Å². The van der Waals surface area contributed by atoms with Gasteiger partial charge in [-0.2, -0.15) is 0 Å². The number of piperidine rings is 1. The Bertz CT molecular complexity index is 456. The van der Waals surface area contributed by atoms with E-state index in [4.69, 9.17) is 0 Å². The first-order chi connectivity index (χ1) is 10.6. The Morgan fingerprint density at radius 3 is 2.55 bits per heavy atom. The zero-order valence-corrected chi connectivity index (χ0v) is 13.8. The van der Waals surface area contributed by atoms with Crippen molar-refractivity contribution in [3.63, 3.8) is 0 Å². The summed E-state index contributed by atoms with van der Waals surface area (Å²) < 4.78 is 26.2. The number of benzene rings is 1. The maximum atomic E-state index is 13.2. The fourth-order valence-corrected chi connectivity index (χ4v) is 3.18. The van der Waals surface area contributed by atoms with Gasteiger partial charge in [-0.15, -0.1) is 0 Å². The molecule has 0 N–H and O–H groups in total. The maximum Gasteiger partial charge on any atom is 0.159 e. The third kappa shape index (κ3) is 5.33. The normalized spacial score (nSPS) is 17.3. The summed E-state index contributed by atoms with van der Waals surface area (Å²) in [6, 6.07) is 4.23. The van der Waals surface area contributed by atoms with Gasteiger partial charge in [-0.05, 0) is 69.6 Å². The van der Waals surface area contributed by atoms with Crippen LogP contribution >= 0.6 is 0 Å². The summed E-state index contributed by atoms with van der Waals surface area (Å²) in [6.45, 7) is 7.40. The number of nitrogens with zero attached hydrogens (tertiary/aromatic N) is 2. The van der Waals surface area contributed by atoms with Gasteiger partial charge in [-0.1, -0.05) is 19.4 Å². The molecule has 1 aromatic rings. The van der Waals surface area contributed by atoms with Gasteiger partial charge in [0.1, 0.15) is 0 Å². The molecule has 0 saturated carbocycles. The monoisotopic (exact) mass is 310 g/mol. The van der Waals surface area contributed by atoms with E-state index in [9.17, 15) is 8.78 Å². The number of hydrogen-bond donors (Lipinski definition) is 0. The number of hydrogen-bond acceptors (Lipinski definition) is 2. The summed E-state index contributed by atoms with van der Waals surface area (Å²) >= 11 is 0. The van der Waals surface area contributed by atoms with Gasteiger partial charge in [0.05, 0.1) is 0 Å². The van der Waals surface area contributed by atoms with E-state index >= 15 is 0 Å². The molecule has 4 heteroatoms. The first-order valence-electron chi connectivity index (χ1n) is 8.43. The zero-order chi connectivity index (χ0) is 15.9. The molecule has 2 nitrogen and oxygen atoms in total. The highest BCUT2D eigenvalue weighted by Gasteiger charge is 2.20. The van der Waals surface area contributed by atoms with Crippen LogP contribution in [0.4, 0.5) is 8.78 Å². The van der Waals surface area contributed by atoms with Crippen molar-refractivity contribution in [1.82, 2.24) is 9.80 Å². The molecular weight excluding hydrogens is 282 g/mol. The smallest absolute Gasteiger partial charge is 0.159 e. The summed E-state index contributed by atoms with van der Waals surface area (Å²) in [5.74, 6) is -0.745. The zero-order valence-electron chi connectivity index (χ0n) is 13.8. The summed E-state index contributed by atoms with van der Waals surface area (Å²) in [4.78, 5) is 4.79. The molecule has 1 aliphatic rings. The lowest BCUT2D eigenvalue weighted by molar-refractivity contribution is 0.148. The van der Waals surface area contributed by atoms with Gasteiger partial charge >= 0.3 is 0 Å². The van der Waals surface area contributed by atoms with Crippen LogP contribution in [0.2, 0.25) is 0 Å². The van der Waals surface area contributed by atoms with Gasteiger partial charge in [0, 0.05) is 13.1 Å². The van der Waals surface area contributed by atoms with Gasteiger partial charge in [0.2, 0.25) is 0 Å². The van der Waals surface area contributed by atoms with Crippen LogP contribution in [-0.2, 0) is 6.54 Å². The molecule has 1 saturated heterocycles. The third-order valence-electron chi connectivity index (χ3n) is 4.56. The van der Waals surface area contributed by atoms with Crippen LogP contribution in [0.25, 0.3) is 0 Å². The molecule has 124 valence electrons. The van der Waals surface area contributed by atoms with Gasteiger partial charge in [-0.25, -0.2) is 8.78 Å². The first kappa shape index (κ1) is 17.4. The first-order valence-corrected chi connectivity index (χ1v) is 8.43. The standard InChI is InChI=1S/C18H28F2N2/c1-3-4-9-21(2)13-15-7-10-22(11-8-15)14-16-5-6-17(19)18(20)12-16/h5-6,12,15H,3-4,7-11,13-14H2,1-2H3. The fourth-order valence-electron chi connectivity index (χ4n) is 3.18. The molecular formula is C18H28F2N2. The Morgan fingerprint density at radius 1 is 1.18 bits per heavy atom. The van der Waals surface area contributed by atoms with Gasteiger partial charge in [0.25, 0.3) is 0 Å². The van der Waals surface area contributed by atoms with E-state index in [1.165, 1.54) is 50.9 Å². The van der Waals surface area contributed by atoms with Crippen molar-refractivity contribution in [3.05, 3.63) is 35.4 Å². The van der Waals surface area contributed by atoms with E-state index < -0.39 is 11.6 Å². The molecule has 1 heterocycles. The van der Waals surface area contributed by atoms with Crippen molar-refractivity contribution < 1.29 is 8.78 Å². The van der Waals surface area contributed by atoms with Crippen LogP contribution in [0.15, 0.2) is 18.2 Å². The second kappa shape index (κ2) is 8.59. The predicted molar refractivity (Wildman–Crippen MR) is 86.8 cm³/mol. The summed E-state index contributed by atoms with van der Waals surface area (Å²) in [7, 11) is 2.21. The SMILES string of the molecule is CCCCN(C)CC1CCN(Cc2ccc(F)c(F)c2)CC1. The summed E-state index contributed by atoms with van der Waals surface area (Å²) in [6.07, 6.45) is 4.91. The highest BCUT2D eigenvalue weighted by atomic mass is 19.2. The van der Waals surface area contributed by atoms with Crippen molar-refractivity contribution in [2.75, 3.05) is 33.2 Å². The molecule has 0 bridgehead atoms. The second-order valence-corrected chi connectivity index (χ2v) is 6.58. The maximum absolute atomic E-state index is 13.2. The molecule has 1 aromatic carbocycles. The van der Waals surface area contributed by atoms with Crippen molar-refractivity contribution in [2.45, 2.75) is 39.2 Å². The molecule has 0 amide bonds. The molecule has 22 heavy (non-hydrogen) atoms. The van der Waals surface area contributed by atoms with Crippen molar-refractivity contribution in [1.29, 1.82) is 0 Å². The lowest BCUT2D eigenvalue weighted by Gasteiger charge is -2.34. The minimum absolute atomic E-state index is 0.718. The Labute approximate surface area is 133 Å². The van der Waals surface area contributed by atoms with E-state index in [1.54, 1.807) is 6.07 Å². The Balaban J connectivity index is 1.73. The van der Waals surface area contributed by atoms with Crippen molar-refractivity contribution >= 4 is 0 Å². The third-order valence-corrected chi connectivity index (χ3v) is 4.56. The van der Waals surface area contributed by atoms with Crippen LogP contribution in [0.3, 0.4) is 0 Å². The van der Waals surface area contributed by atoms with E-state index in [0.29, 0.717) is 0 Å². The van der Waals surface area contributed by atoms with Crippen LogP contribution in [0.1, 0.15) is 38.2 Å². The quantitative estimate of drug-likeness (QED) is 0.753. The largest absolute Gasteiger partial charge is 0.306 e. The lowest BCUT2D eigenvalue weighted by Crippen LogP contribution is -2.37. The van der Waals surface area contributed by atoms with E-state index in [0.717, 1.165) is 31.1 Å².